The molecule has 128 valence electrons. The van der Waals surface area contributed by atoms with Crippen molar-refractivity contribution in [1.82, 2.24) is 9.55 Å². The lowest BCUT2D eigenvalue weighted by Crippen LogP contribution is -2.38. The molecular weight excluding hydrogens is 318 g/mol. The average molecular weight is 334 g/mol. The lowest BCUT2D eigenvalue weighted by Gasteiger charge is -2.18. The van der Waals surface area contributed by atoms with Gasteiger partial charge in [-0.1, -0.05) is 6.92 Å². The van der Waals surface area contributed by atoms with Gasteiger partial charge in [0.05, 0.1) is 12.8 Å². The summed E-state index contributed by atoms with van der Waals surface area (Å²) < 4.78 is 38.4. The van der Waals surface area contributed by atoms with E-state index in [0.29, 0.717) is 17.2 Å². The summed E-state index contributed by atoms with van der Waals surface area (Å²) in [4.78, 5) is 35.9. The molecule has 1 saturated heterocycles. The SMILES string of the molecule is CCCC(=O)OC1C(CO)OC(n2cc(F)c(=O)[nH]c2=O)C1F. The van der Waals surface area contributed by atoms with E-state index in [1.165, 1.54) is 0 Å². The number of aliphatic hydroxyl groups is 1. The molecule has 2 heterocycles. The maximum Gasteiger partial charge on any atom is 0.330 e. The van der Waals surface area contributed by atoms with E-state index < -0.39 is 54.2 Å². The fourth-order valence-electron chi connectivity index (χ4n) is 2.27. The normalized spacial score (nSPS) is 27.1. The van der Waals surface area contributed by atoms with Crippen molar-refractivity contribution < 1.29 is 28.2 Å². The highest BCUT2D eigenvalue weighted by atomic mass is 19.1. The second-order valence-corrected chi connectivity index (χ2v) is 5.04. The van der Waals surface area contributed by atoms with Crippen LogP contribution in [0.25, 0.3) is 0 Å². The van der Waals surface area contributed by atoms with Gasteiger partial charge in [-0.05, 0) is 6.42 Å². The minimum atomic E-state index is -2.02. The number of hydrogen-bond acceptors (Lipinski definition) is 6. The molecule has 0 aliphatic carbocycles. The van der Waals surface area contributed by atoms with Crippen LogP contribution >= 0.6 is 0 Å². The third-order valence-corrected chi connectivity index (χ3v) is 3.37. The molecule has 8 nitrogen and oxygen atoms in total. The molecule has 4 unspecified atom stereocenters. The van der Waals surface area contributed by atoms with Crippen LogP contribution < -0.4 is 11.2 Å². The third kappa shape index (κ3) is 3.48. The van der Waals surface area contributed by atoms with Crippen molar-refractivity contribution in [3.8, 4) is 0 Å². The number of alkyl halides is 1. The van der Waals surface area contributed by atoms with Crippen LogP contribution in [-0.4, -0.2) is 45.6 Å². The van der Waals surface area contributed by atoms with Gasteiger partial charge in [-0.2, -0.15) is 4.39 Å². The molecule has 0 amide bonds. The van der Waals surface area contributed by atoms with Crippen LogP contribution in [0.1, 0.15) is 26.0 Å². The largest absolute Gasteiger partial charge is 0.456 e. The second kappa shape index (κ2) is 7.01. The van der Waals surface area contributed by atoms with E-state index in [4.69, 9.17) is 9.47 Å². The van der Waals surface area contributed by atoms with Gasteiger partial charge >= 0.3 is 11.7 Å². The van der Waals surface area contributed by atoms with E-state index in [1.54, 1.807) is 11.9 Å². The number of nitrogens with zero attached hydrogens (tertiary/aromatic N) is 1. The van der Waals surface area contributed by atoms with Gasteiger partial charge in [-0.15, -0.1) is 0 Å². The highest BCUT2D eigenvalue weighted by molar-refractivity contribution is 5.69. The summed E-state index contributed by atoms with van der Waals surface area (Å²) in [6.07, 6.45) is -5.26. The molecule has 1 fully saturated rings. The van der Waals surface area contributed by atoms with Crippen molar-refractivity contribution >= 4 is 5.97 Å². The number of halogens is 2. The fraction of sp³-hybridized carbons (Fsp3) is 0.615. The van der Waals surface area contributed by atoms with Crippen LogP contribution in [0, 0.1) is 5.82 Å². The quantitative estimate of drug-likeness (QED) is 0.710. The summed E-state index contributed by atoms with van der Waals surface area (Å²) in [6, 6.07) is 0. The van der Waals surface area contributed by atoms with Crippen molar-refractivity contribution in [2.45, 2.75) is 44.4 Å². The molecule has 0 radical (unpaired) electrons. The summed E-state index contributed by atoms with van der Waals surface area (Å²) in [6.45, 7) is 1.07. The molecule has 2 N–H and O–H groups in total. The number of aliphatic hydroxyl groups excluding tert-OH is 1. The van der Waals surface area contributed by atoms with Gasteiger partial charge in [-0.3, -0.25) is 19.1 Å². The number of carbonyl (C=O) groups excluding carboxylic acids is 1. The number of ether oxygens (including phenoxy) is 2. The molecule has 0 bridgehead atoms. The number of aromatic amines is 1. The number of H-pyrrole nitrogens is 1. The number of carbonyl (C=O) groups is 1. The molecule has 10 heteroatoms. The predicted octanol–water partition coefficient (Wildman–Crippen LogP) is -0.385. The van der Waals surface area contributed by atoms with Crippen molar-refractivity contribution in [3.63, 3.8) is 0 Å². The smallest absolute Gasteiger partial charge is 0.330 e. The van der Waals surface area contributed by atoms with E-state index in [-0.39, 0.29) is 6.42 Å². The molecule has 1 aromatic heterocycles. The minimum Gasteiger partial charge on any atom is -0.456 e. The van der Waals surface area contributed by atoms with E-state index in [9.17, 15) is 28.3 Å². The van der Waals surface area contributed by atoms with Gasteiger partial charge in [0, 0.05) is 6.42 Å². The van der Waals surface area contributed by atoms with Crippen molar-refractivity contribution in [2.75, 3.05) is 6.61 Å². The Morgan fingerprint density at radius 1 is 1.52 bits per heavy atom. The second-order valence-electron chi connectivity index (χ2n) is 5.04. The maximum atomic E-state index is 14.5. The van der Waals surface area contributed by atoms with E-state index in [1.807, 2.05) is 0 Å². The third-order valence-electron chi connectivity index (χ3n) is 3.37. The Kier molecular flexibility index (Phi) is 5.26. The summed E-state index contributed by atoms with van der Waals surface area (Å²) in [5.74, 6) is -1.98. The maximum absolute atomic E-state index is 14.5. The highest BCUT2D eigenvalue weighted by Gasteiger charge is 2.48. The van der Waals surface area contributed by atoms with Crippen LogP contribution in [0.15, 0.2) is 15.8 Å². The lowest BCUT2D eigenvalue weighted by atomic mass is 10.1. The van der Waals surface area contributed by atoms with Gasteiger partial charge in [0.1, 0.15) is 6.10 Å². The summed E-state index contributed by atoms with van der Waals surface area (Å²) >= 11 is 0. The first kappa shape index (κ1) is 17.3. The lowest BCUT2D eigenvalue weighted by molar-refractivity contribution is -0.155. The number of esters is 1. The Labute approximate surface area is 128 Å². The molecule has 4 atom stereocenters. The standard InChI is InChI=1S/C13H16F2N2O6/c1-2-3-8(19)23-10-7(5-18)22-12(9(10)15)17-4-6(14)11(20)16-13(17)21/h4,7,9-10,12,18H,2-3,5H2,1H3,(H,16,20,21). The van der Waals surface area contributed by atoms with Crippen molar-refractivity contribution in [3.05, 3.63) is 32.9 Å². The number of rotatable bonds is 5. The monoisotopic (exact) mass is 334 g/mol. The zero-order valence-corrected chi connectivity index (χ0v) is 12.2. The first-order chi connectivity index (χ1) is 10.9. The van der Waals surface area contributed by atoms with Gasteiger partial charge in [0.15, 0.2) is 18.5 Å². The zero-order chi connectivity index (χ0) is 17.1. The van der Waals surface area contributed by atoms with E-state index in [0.717, 1.165) is 0 Å². The zero-order valence-electron chi connectivity index (χ0n) is 12.2. The number of hydrogen-bond donors (Lipinski definition) is 2. The molecule has 2 rings (SSSR count). The molecule has 23 heavy (non-hydrogen) atoms. The van der Waals surface area contributed by atoms with Gasteiger partial charge in [0.2, 0.25) is 5.82 Å². The van der Waals surface area contributed by atoms with Crippen molar-refractivity contribution in [1.29, 1.82) is 0 Å². The summed E-state index contributed by atoms with van der Waals surface area (Å²) in [5.41, 5.74) is -2.33. The number of aromatic nitrogens is 2. The van der Waals surface area contributed by atoms with Crippen LogP contribution in [0.3, 0.4) is 0 Å². The van der Waals surface area contributed by atoms with Gasteiger partial charge in [-0.25, -0.2) is 9.18 Å². The average Bonchev–Trinajstić information content (AvgIpc) is 2.80. The Morgan fingerprint density at radius 3 is 2.83 bits per heavy atom. The first-order valence-corrected chi connectivity index (χ1v) is 6.99. The van der Waals surface area contributed by atoms with Crippen LogP contribution in [0.4, 0.5) is 8.78 Å². The van der Waals surface area contributed by atoms with Crippen molar-refractivity contribution in [2.24, 2.45) is 0 Å². The Balaban J connectivity index is 2.28. The van der Waals surface area contributed by atoms with E-state index in [2.05, 4.69) is 0 Å². The minimum absolute atomic E-state index is 0.0548. The van der Waals surface area contributed by atoms with Gasteiger partial charge < -0.3 is 14.6 Å². The molecule has 0 spiro atoms. The van der Waals surface area contributed by atoms with Gasteiger partial charge in [0.25, 0.3) is 5.56 Å². The molecule has 1 aliphatic rings. The van der Waals surface area contributed by atoms with Crippen LogP contribution in [0.5, 0.6) is 0 Å². The first-order valence-electron chi connectivity index (χ1n) is 6.99. The molecule has 0 aromatic carbocycles. The molecule has 0 saturated carbocycles. The Morgan fingerprint density at radius 2 is 2.22 bits per heavy atom. The molecular formula is C13H16F2N2O6. The topological polar surface area (TPSA) is 111 Å². The Hall–Kier alpha value is -2.07. The predicted molar refractivity (Wildman–Crippen MR) is 72.0 cm³/mol. The number of nitrogens with one attached hydrogen (secondary N) is 1. The molecule has 1 aromatic rings. The summed E-state index contributed by atoms with van der Waals surface area (Å²) in [7, 11) is 0. The van der Waals surface area contributed by atoms with Crippen LogP contribution in [0.2, 0.25) is 0 Å². The fourth-order valence-corrected chi connectivity index (χ4v) is 2.27. The van der Waals surface area contributed by atoms with E-state index >= 15 is 0 Å². The highest BCUT2D eigenvalue weighted by Crippen LogP contribution is 2.33. The Bertz CT molecular complexity index is 688. The van der Waals surface area contributed by atoms with Crippen LogP contribution in [-0.2, 0) is 14.3 Å². The summed E-state index contributed by atoms with van der Waals surface area (Å²) in [5, 5.41) is 9.23. The molecule has 1 aliphatic heterocycles.